The zero-order chi connectivity index (χ0) is 9.10. The van der Waals surface area contributed by atoms with Gasteiger partial charge < -0.3 is 11.1 Å². The number of nitrogen functional groups attached to an aromatic ring is 1. The van der Waals surface area contributed by atoms with Crippen molar-refractivity contribution in [3.05, 3.63) is 12.4 Å². The van der Waals surface area contributed by atoms with Crippen LogP contribution in [-0.2, 0) is 0 Å². The molecule has 0 aliphatic heterocycles. The highest BCUT2D eigenvalue weighted by atomic mass is 15.1. The maximum absolute atomic E-state index is 5.52. The minimum Gasteiger partial charge on any atom is -0.382 e. The molecule has 0 atom stereocenters. The number of rotatable bonds is 2. The molecule has 1 saturated carbocycles. The number of hydrogen-bond acceptors (Lipinski definition) is 4. The van der Waals surface area contributed by atoms with Crippen molar-refractivity contribution in [3.8, 4) is 0 Å². The summed E-state index contributed by atoms with van der Waals surface area (Å²) < 4.78 is 0. The van der Waals surface area contributed by atoms with Crippen LogP contribution in [0, 0.1) is 0 Å². The van der Waals surface area contributed by atoms with E-state index >= 15 is 0 Å². The molecular weight excluding hydrogens is 164 g/mol. The summed E-state index contributed by atoms with van der Waals surface area (Å²) in [4.78, 5) is 8.12. The molecule has 1 aromatic rings. The highest BCUT2D eigenvalue weighted by Crippen LogP contribution is 2.21. The molecule has 4 heteroatoms. The van der Waals surface area contributed by atoms with Crippen LogP contribution >= 0.6 is 0 Å². The summed E-state index contributed by atoms with van der Waals surface area (Å²) >= 11 is 0. The van der Waals surface area contributed by atoms with Crippen molar-refractivity contribution >= 4 is 11.6 Å². The molecule has 1 aromatic heterocycles. The molecule has 1 heterocycles. The standard InChI is InChI=1S/C9H14N4/c10-8-5-11-6-9(13-8)12-7-3-1-2-4-7/h5-7H,1-4H2,(H3,10,12,13). The van der Waals surface area contributed by atoms with Crippen LogP contribution in [0.5, 0.6) is 0 Å². The van der Waals surface area contributed by atoms with Gasteiger partial charge in [-0.2, -0.15) is 0 Å². The molecule has 2 rings (SSSR count). The van der Waals surface area contributed by atoms with E-state index in [0.29, 0.717) is 11.9 Å². The molecule has 0 aromatic carbocycles. The Balaban J connectivity index is 2.00. The monoisotopic (exact) mass is 178 g/mol. The Bertz CT molecular complexity index is 281. The molecule has 1 aliphatic rings. The number of anilines is 2. The highest BCUT2D eigenvalue weighted by Gasteiger charge is 2.14. The molecule has 70 valence electrons. The Hall–Kier alpha value is -1.32. The average molecular weight is 178 g/mol. The fourth-order valence-corrected chi connectivity index (χ4v) is 1.73. The molecule has 0 saturated heterocycles. The first-order valence-corrected chi connectivity index (χ1v) is 4.68. The third-order valence-electron chi connectivity index (χ3n) is 2.36. The molecule has 4 nitrogen and oxygen atoms in total. The van der Waals surface area contributed by atoms with Gasteiger partial charge in [0.25, 0.3) is 0 Å². The van der Waals surface area contributed by atoms with Crippen LogP contribution in [-0.4, -0.2) is 16.0 Å². The van der Waals surface area contributed by atoms with Gasteiger partial charge in [-0.1, -0.05) is 12.8 Å². The van der Waals surface area contributed by atoms with Crippen molar-refractivity contribution in [2.75, 3.05) is 11.1 Å². The fraction of sp³-hybridized carbons (Fsp3) is 0.556. The van der Waals surface area contributed by atoms with E-state index in [0.717, 1.165) is 5.82 Å². The highest BCUT2D eigenvalue weighted by molar-refractivity contribution is 5.39. The van der Waals surface area contributed by atoms with Gasteiger partial charge >= 0.3 is 0 Å². The number of aromatic nitrogens is 2. The van der Waals surface area contributed by atoms with Crippen molar-refractivity contribution in [2.45, 2.75) is 31.7 Å². The van der Waals surface area contributed by atoms with Gasteiger partial charge in [-0.3, -0.25) is 4.98 Å². The molecule has 0 unspecified atom stereocenters. The Labute approximate surface area is 77.6 Å². The lowest BCUT2D eigenvalue weighted by molar-refractivity contribution is 0.750. The third kappa shape index (κ3) is 2.08. The third-order valence-corrected chi connectivity index (χ3v) is 2.36. The van der Waals surface area contributed by atoms with E-state index < -0.39 is 0 Å². The molecule has 1 fully saturated rings. The van der Waals surface area contributed by atoms with Crippen molar-refractivity contribution < 1.29 is 0 Å². The summed E-state index contributed by atoms with van der Waals surface area (Å²) in [6.45, 7) is 0. The summed E-state index contributed by atoms with van der Waals surface area (Å²) in [6, 6.07) is 0.566. The van der Waals surface area contributed by atoms with Crippen molar-refractivity contribution in [1.29, 1.82) is 0 Å². The summed E-state index contributed by atoms with van der Waals surface area (Å²) in [7, 11) is 0. The summed E-state index contributed by atoms with van der Waals surface area (Å²) in [5, 5.41) is 3.33. The van der Waals surface area contributed by atoms with Crippen molar-refractivity contribution in [2.24, 2.45) is 0 Å². The van der Waals surface area contributed by atoms with Crippen LogP contribution in [0.2, 0.25) is 0 Å². The first kappa shape index (κ1) is 8.29. The van der Waals surface area contributed by atoms with Crippen LogP contribution in [0.15, 0.2) is 12.4 Å². The maximum Gasteiger partial charge on any atom is 0.147 e. The zero-order valence-corrected chi connectivity index (χ0v) is 7.53. The van der Waals surface area contributed by atoms with E-state index in [1.165, 1.54) is 25.7 Å². The minimum absolute atomic E-state index is 0.475. The Morgan fingerprint density at radius 3 is 2.77 bits per heavy atom. The molecule has 1 aliphatic carbocycles. The summed E-state index contributed by atoms with van der Waals surface area (Å²) in [6.07, 6.45) is 8.36. The molecule has 0 spiro atoms. The van der Waals surface area contributed by atoms with E-state index in [1.807, 2.05) is 0 Å². The summed E-state index contributed by atoms with van der Waals surface area (Å²) in [5.41, 5.74) is 5.52. The molecule has 3 N–H and O–H groups in total. The van der Waals surface area contributed by atoms with Crippen LogP contribution in [0.4, 0.5) is 11.6 Å². The number of hydrogen-bond donors (Lipinski definition) is 2. The van der Waals surface area contributed by atoms with E-state index in [-0.39, 0.29) is 0 Å². The predicted octanol–water partition coefficient (Wildman–Crippen LogP) is 1.41. The van der Waals surface area contributed by atoms with Gasteiger partial charge in [0, 0.05) is 6.04 Å². The van der Waals surface area contributed by atoms with E-state index in [2.05, 4.69) is 15.3 Å². The average Bonchev–Trinajstić information content (AvgIpc) is 2.57. The molecule has 0 bridgehead atoms. The normalized spacial score (nSPS) is 17.5. The zero-order valence-electron chi connectivity index (χ0n) is 7.53. The van der Waals surface area contributed by atoms with Gasteiger partial charge in [0.15, 0.2) is 0 Å². The second kappa shape index (κ2) is 3.60. The van der Waals surface area contributed by atoms with Gasteiger partial charge in [0.05, 0.1) is 12.4 Å². The number of nitrogens with one attached hydrogen (secondary N) is 1. The smallest absolute Gasteiger partial charge is 0.147 e. The van der Waals surface area contributed by atoms with Gasteiger partial charge in [-0.15, -0.1) is 0 Å². The van der Waals surface area contributed by atoms with Crippen LogP contribution in [0.3, 0.4) is 0 Å². The van der Waals surface area contributed by atoms with Gasteiger partial charge in [0.2, 0.25) is 0 Å². The quantitative estimate of drug-likeness (QED) is 0.718. The minimum atomic E-state index is 0.475. The topological polar surface area (TPSA) is 63.8 Å². The predicted molar refractivity (Wildman–Crippen MR) is 52.3 cm³/mol. The molecule has 0 amide bonds. The van der Waals surface area contributed by atoms with E-state index in [4.69, 9.17) is 5.73 Å². The van der Waals surface area contributed by atoms with Crippen LogP contribution in [0.25, 0.3) is 0 Å². The number of nitrogens with zero attached hydrogens (tertiary/aromatic N) is 2. The molecular formula is C9H14N4. The summed E-state index contributed by atoms with van der Waals surface area (Å²) in [5.74, 6) is 1.27. The molecule has 0 radical (unpaired) electrons. The van der Waals surface area contributed by atoms with Gasteiger partial charge in [0.1, 0.15) is 11.6 Å². The Morgan fingerprint density at radius 2 is 2.08 bits per heavy atom. The molecule has 13 heavy (non-hydrogen) atoms. The van der Waals surface area contributed by atoms with Gasteiger partial charge in [-0.05, 0) is 12.8 Å². The lowest BCUT2D eigenvalue weighted by Crippen LogP contribution is -2.15. The lowest BCUT2D eigenvalue weighted by atomic mass is 10.2. The largest absolute Gasteiger partial charge is 0.382 e. The van der Waals surface area contributed by atoms with Crippen molar-refractivity contribution in [1.82, 2.24) is 9.97 Å². The fourth-order valence-electron chi connectivity index (χ4n) is 1.73. The second-order valence-electron chi connectivity index (χ2n) is 3.45. The second-order valence-corrected chi connectivity index (χ2v) is 3.45. The number of nitrogens with two attached hydrogens (primary N) is 1. The van der Waals surface area contributed by atoms with Crippen LogP contribution in [0.1, 0.15) is 25.7 Å². The first-order valence-electron chi connectivity index (χ1n) is 4.68. The van der Waals surface area contributed by atoms with Crippen LogP contribution < -0.4 is 11.1 Å². The maximum atomic E-state index is 5.52. The lowest BCUT2D eigenvalue weighted by Gasteiger charge is -2.11. The first-order chi connectivity index (χ1) is 6.34. The van der Waals surface area contributed by atoms with E-state index in [1.54, 1.807) is 12.4 Å². The van der Waals surface area contributed by atoms with Gasteiger partial charge in [-0.25, -0.2) is 4.98 Å². The Kier molecular flexibility index (Phi) is 2.29. The van der Waals surface area contributed by atoms with E-state index in [9.17, 15) is 0 Å². The Morgan fingerprint density at radius 1 is 1.31 bits per heavy atom. The van der Waals surface area contributed by atoms with Crippen molar-refractivity contribution in [3.63, 3.8) is 0 Å². The SMILES string of the molecule is Nc1cncc(NC2CCCC2)n1.